The van der Waals surface area contributed by atoms with Crippen molar-refractivity contribution in [3.05, 3.63) is 69.5 Å². The van der Waals surface area contributed by atoms with Crippen molar-refractivity contribution in [2.24, 2.45) is 14.1 Å². The van der Waals surface area contributed by atoms with Crippen molar-refractivity contribution in [2.75, 3.05) is 38.2 Å². The maximum Gasteiger partial charge on any atom is 0.259 e. The molecule has 1 fully saturated rings. The fraction of sp³-hybridized carbons (Fsp3) is 0.379. The second-order valence-corrected chi connectivity index (χ2v) is 10.9. The molecule has 11 heteroatoms. The van der Waals surface area contributed by atoms with E-state index in [2.05, 4.69) is 33.3 Å². The Kier molecular flexibility index (Phi) is 7.07. The quantitative estimate of drug-likeness (QED) is 0.299. The van der Waals surface area contributed by atoms with E-state index in [1.165, 1.54) is 0 Å². The van der Waals surface area contributed by atoms with Gasteiger partial charge in [-0.25, -0.2) is 9.67 Å². The minimum atomic E-state index is -0.201. The summed E-state index contributed by atoms with van der Waals surface area (Å²) in [5, 5.41) is 16.1. The number of benzene rings is 1. The summed E-state index contributed by atoms with van der Waals surface area (Å²) in [5.41, 5.74) is 5.12. The molecule has 0 aliphatic carbocycles. The summed E-state index contributed by atoms with van der Waals surface area (Å²) >= 11 is 6.29. The van der Waals surface area contributed by atoms with Crippen molar-refractivity contribution in [3.63, 3.8) is 0 Å². The molecule has 6 rings (SSSR count). The second-order valence-electron chi connectivity index (χ2n) is 10.5. The molecular weight excluding hydrogens is 528 g/mol. The molecule has 1 aromatic carbocycles. The van der Waals surface area contributed by atoms with E-state index in [0.717, 1.165) is 77.5 Å². The number of hydrogen-bond donors (Lipinski definition) is 1. The zero-order valence-corrected chi connectivity index (χ0v) is 23.9. The lowest BCUT2D eigenvalue weighted by Gasteiger charge is -2.26. The predicted molar refractivity (Wildman–Crippen MR) is 158 cm³/mol. The molecule has 10 nitrogen and oxygen atoms in total. The molecule has 0 spiro atoms. The summed E-state index contributed by atoms with van der Waals surface area (Å²) in [6.45, 7) is 8.85. The number of halogens is 1. The van der Waals surface area contributed by atoms with Gasteiger partial charge >= 0.3 is 0 Å². The van der Waals surface area contributed by atoms with Crippen LogP contribution in [0.3, 0.4) is 0 Å². The molecule has 5 heterocycles. The minimum absolute atomic E-state index is 0.0216. The molecular formula is C29H33ClN8O2. The lowest BCUT2D eigenvalue weighted by molar-refractivity contribution is 0.0361. The van der Waals surface area contributed by atoms with Crippen LogP contribution in [0.15, 0.2) is 47.5 Å². The van der Waals surface area contributed by atoms with Gasteiger partial charge in [0.25, 0.3) is 5.56 Å². The fourth-order valence-corrected chi connectivity index (χ4v) is 5.68. The number of ether oxygens (including phenoxy) is 1. The van der Waals surface area contributed by atoms with E-state index in [9.17, 15) is 4.79 Å². The number of nitrogens with zero attached hydrogens (tertiary/aromatic N) is 7. The first kappa shape index (κ1) is 26.5. The van der Waals surface area contributed by atoms with Gasteiger partial charge in [-0.2, -0.15) is 10.2 Å². The van der Waals surface area contributed by atoms with Gasteiger partial charge in [0.1, 0.15) is 10.8 Å². The third-order valence-corrected chi connectivity index (χ3v) is 7.81. The molecule has 40 heavy (non-hydrogen) atoms. The highest BCUT2D eigenvalue weighted by Crippen LogP contribution is 2.34. The molecule has 0 amide bonds. The largest absolute Gasteiger partial charge is 0.379 e. The van der Waals surface area contributed by atoms with Gasteiger partial charge in [-0.1, -0.05) is 29.3 Å². The van der Waals surface area contributed by atoms with Gasteiger partial charge in [0.2, 0.25) is 0 Å². The Labute approximate surface area is 237 Å². The van der Waals surface area contributed by atoms with Crippen molar-refractivity contribution in [2.45, 2.75) is 26.4 Å². The summed E-state index contributed by atoms with van der Waals surface area (Å²) in [4.78, 5) is 20.5. The minimum Gasteiger partial charge on any atom is -0.379 e. The summed E-state index contributed by atoms with van der Waals surface area (Å²) in [5.74, 6) is 0. The van der Waals surface area contributed by atoms with Gasteiger partial charge < -0.3 is 10.1 Å². The maximum absolute atomic E-state index is 13.5. The summed E-state index contributed by atoms with van der Waals surface area (Å²) < 4.78 is 11.0. The first-order valence-corrected chi connectivity index (χ1v) is 13.9. The molecule has 0 radical (unpaired) electrons. The monoisotopic (exact) mass is 560 g/mol. The van der Waals surface area contributed by atoms with Crippen LogP contribution in [-0.2, 0) is 25.4 Å². The first-order chi connectivity index (χ1) is 19.3. The predicted octanol–water partition coefficient (Wildman–Crippen LogP) is 4.15. The van der Waals surface area contributed by atoms with Crippen LogP contribution in [-0.4, -0.2) is 66.9 Å². The van der Waals surface area contributed by atoms with Gasteiger partial charge in [-0.15, -0.1) is 0 Å². The zero-order valence-electron chi connectivity index (χ0n) is 23.2. The van der Waals surface area contributed by atoms with Crippen molar-refractivity contribution < 1.29 is 4.74 Å². The number of pyridine rings is 2. The van der Waals surface area contributed by atoms with Gasteiger partial charge in [0.15, 0.2) is 0 Å². The molecule has 1 aliphatic rings. The number of hydrogen-bond acceptors (Lipinski definition) is 7. The number of morpholine rings is 1. The third kappa shape index (κ3) is 4.87. The average molecular weight is 561 g/mol. The molecule has 1 N–H and O–H groups in total. The zero-order chi connectivity index (χ0) is 28.0. The smallest absolute Gasteiger partial charge is 0.259 e. The van der Waals surface area contributed by atoms with Crippen molar-refractivity contribution in [1.29, 1.82) is 0 Å². The van der Waals surface area contributed by atoms with Crippen LogP contribution in [0.5, 0.6) is 0 Å². The van der Waals surface area contributed by atoms with Gasteiger partial charge in [-0.3, -0.25) is 18.9 Å². The third-order valence-electron chi connectivity index (χ3n) is 7.60. The van der Waals surface area contributed by atoms with E-state index in [-0.39, 0.29) is 11.6 Å². The van der Waals surface area contributed by atoms with E-state index >= 15 is 0 Å². The molecule has 0 saturated carbocycles. The van der Waals surface area contributed by atoms with Crippen LogP contribution in [0.4, 0.5) is 5.69 Å². The van der Waals surface area contributed by atoms with Crippen LogP contribution < -0.4 is 10.9 Å². The standard InChI is InChI=1S/C29H33ClN8O2/c1-18-5-6-21-22(15-18)29(39)36(4)28-25(21)26(34-38(28)10-9-37-11-13-40-14-12-37)19(2)32-23-7-8-24(30)33-27(23)20-16-31-35(3)17-20/h5-8,15-17,19,32H,9-14H2,1-4H3. The molecule has 1 atom stereocenters. The Morgan fingerprint density at radius 2 is 1.90 bits per heavy atom. The van der Waals surface area contributed by atoms with Crippen molar-refractivity contribution in [1.82, 2.24) is 34.0 Å². The van der Waals surface area contributed by atoms with Crippen molar-refractivity contribution in [3.8, 4) is 11.3 Å². The van der Waals surface area contributed by atoms with Crippen LogP contribution in [0.25, 0.3) is 33.1 Å². The Balaban J connectivity index is 1.47. The second kappa shape index (κ2) is 10.7. The Hall–Kier alpha value is -3.73. The fourth-order valence-electron chi connectivity index (χ4n) is 5.54. The SMILES string of the molecule is Cc1ccc2c(c1)c(=O)n(C)c1c2c(C(C)Nc2ccc(Cl)nc2-c2cnn(C)c2)nn1CCN1CCOCC1. The molecule has 1 aliphatic heterocycles. The number of nitrogens with one attached hydrogen (secondary N) is 1. The number of rotatable bonds is 7. The average Bonchev–Trinajstić information content (AvgIpc) is 3.56. The van der Waals surface area contributed by atoms with Crippen LogP contribution in [0.1, 0.15) is 24.2 Å². The highest BCUT2D eigenvalue weighted by molar-refractivity contribution is 6.29. The number of fused-ring (bicyclic) bond motifs is 3. The van der Waals surface area contributed by atoms with Gasteiger partial charge in [0.05, 0.1) is 54.5 Å². The number of aromatic nitrogens is 6. The highest BCUT2D eigenvalue weighted by Gasteiger charge is 2.24. The molecule has 4 aromatic heterocycles. The van der Waals surface area contributed by atoms with Crippen LogP contribution in [0, 0.1) is 6.92 Å². The molecule has 0 bridgehead atoms. The van der Waals surface area contributed by atoms with E-state index in [1.54, 1.807) is 21.5 Å². The molecule has 5 aromatic rings. The van der Waals surface area contributed by atoms with E-state index < -0.39 is 0 Å². The van der Waals surface area contributed by atoms with Crippen LogP contribution >= 0.6 is 11.6 Å². The van der Waals surface area contributed by atoms with Crippen LogP contribution in [0.2, 0.25) is 5.15 Å². The lowest BCUT2D eigenvalue weighted by atomic mass is 10.0. The number of anilines is 1. The topological polar surface area (TPSA) is 95.0 Å². The van der Waals surface area contributed by atoms with E-state index in [1.807, 2.05) is 50.1 Å². The first-order valence-electron chi connectivity index (χ1n) is 13.5. The molecule has 1 unspecified atom stereocenters. The molecule has 1 saturated heterocycles. The number of aryl methyl sites for hydroxylation is 3. The lowest BCUT2D eigenvalue weighted by Crippen LogP contribution is -2.38. The normalized spacial score (nSPS) is 15.2. The van der Waals surface area contributed by atoms with E-state index in [4.69, 9.17) is 21.4 Å². The Morgan fingerprint density at radius 3 is 2.65 bits per heavy atom. The van der Waals surface area contributed by atoms with Crippen molar-refractivity contribution >= 4 is 39.1 Å². The summed E-state index contributed by atoms with van der Waals surface area (Å²) in [7, 11) is 3.71. The highest BCUT2D eigenvalue weighted by atomic mass is 35.5. The van der Waals surface area contributed by atoms with Gasteiger partial charge in [-0.05, 0) is 32.0 Å². The Bertz CT molecular complexity index is 1770. The molecule has 208 valence electrons. The summed E-state index contributed by atoms with van der Waals surface area (Å²) in [6, 6.07) is 9.57. The van der Waals surface area contributed by atoms with E-state index in [0.29, 0.717) is 17.1 Å². The summed E-state index contributed by atoms with van der Waals surface area (Å²) in [6.07, 6.45) is 3.69. The van der Waals surface area contributed by atoms with Gasteiger partial charge in [0, 0.05) is 56.3 Å². The maximum atomic E-state index is 13.5. The Morgan fingerprint density at radius 1 is 1.10 bits per heavy atom.